The first-order chi connectivity index (χ1) is 8.77. The Morgan fingerprint density at radius 2 is 2.17 bits per heavy atom. The Morgan fingerprint density at radius 3 is 2.78 bits per heavy atom. The van der Waals surface area contributed by atoms with Crippen molar-refractivity contribution in [3.63, 3.8) is 0 Å². The lowest BCUT2D eigenvalue weighted by Crippen LogP contribution is -2.44. The Labute approximate surface area is 113 Å². The molecule has 1 aliphatic rings. The van der Waals surface area contributed by atoms with Gasteiger partial charge in [-0.15, -0.1) is 0 Å². The maximum Gasteiger partial charge on any atom is 0.0702 e. The van der Waals surface area contributed by atoms with E-state index in [0.29, 0.717) is 12.1 Å². The zero-order chi connectivity index (χ0) is 13.2. The van der Waals surface area contributed by atoms with Gasteiger partial charge in [0.15, 0.2) is 0 Å². The summed E-state index contributed by atoms with van der Waals surface area (Å²) in [5.41, 5.74) is 0. The van der Waals surface area contributed by atoms with Gasteiger partial charge in [0.1, 0.15) is 0 Å². The minimum absolute atomic E-state index is 0.479. The molecule has 0 aromatic carbocycles. The third kappa shape index (κ3) is 6.17. The molecule has 1 N–H and O–H groups in total. The molecule has 2 atom stereocenters. The number of ether oxygens (including phenoxy) is 1. The molecule has 1 aliphatic heterocycles. The summed E-state index contributed by atoms with van der Waals surface area (Å²) < 4.78 is 5.73. The van der Waals surface area contributed by atoms with Crippen molar-refractivity contribution in [1.29, 1.82) is 0 Å². The van der Waals surface area contributed by atoms with Crippen molar-refractivity contribution in [2.45, 2.75) is 65.0 Å². The molecule has 1 saturated heterocycles. The van der Waals surface area contributed by atoms with Gasteiger partial charge in [0, 0.05) is 25.7 Å². The third-order valence-electron chi connectivity index (χ3n) is 3.89. The second kappa shape index (κ2) is 9.76. The predicted octanol–water partition coefficient (Wildman–Crippen LogP) is 2.66. The molecule has 0 radical (unpaired) electrons. The fraction of sp³-hybridized carbons (Fsp3) is 1.00. The van der Waals surface area contributed by atoms with Crippen LogP contribution in [0.15, 0.2) is 0 Å². The summed E-state index contributed by atoms with van der Waals surface area (Å²) in [5, 5.41) is 3.58. The summed E-state index contributed by atoms with van der Waals surface area (Å²) in [5.74, 6) is 0. The molecule has 0 aromatic heterocycles. The molecule has 2 unspecified atom stereocenters. The van der Waals surface area contributed by atoms with Crippen LogP contribution < -0.4 is 5.32 Å². The number of hydrogen-bond donors (Lipinski definition) is 1. The molecule has 0 aliphatic carbocycles. The van der Waals surface area contributed by atoms with E-state index in [0.717, 1.165) is 32.8 Å². The normalized spacial score (nSPS) is 21.7. The first kappa shape index (κ1) is 15.9. The van der Waals surface area contributed by atoms with Gasteiger partial charge in [0.2, 0.25) is 0 Å². The van der Waals surface area contributed by atoms with Gasteiger partial charge in [-0.05, 0) is 39.3 Å². The van der Waals surface area contributed by atoms with Gasteiger partial charge in [-0.2, -0.15) is 0 Å². The first-order valence-electron chi connectivity index (χ1n) is 7.84. The lowest BCUT2D eigenvalue weighted by molar-refractivity contribution is 0.0619. The molecule has 3 nitrogen and oxygen atoms in total. The summed E-state index contributed by atoms with van der Waals surface area (Å²) in [4.78, 5) is 2.54. The highest BCUT2D eigenvalue weighted by atomic mass is 16.5. The zero-order valence-corrected chi connectivity index (χ0v) is 12.6. The van der Waals surface area contributed by atoms with Crippen LogP contribution >= 0.6 is 0 Å². The van der Waals surface area contributed by atoms with E-state index < -0.39 is 0 Å². The van der Waals surface area contributed by atoms with Crippen molar-refractivity contribution in [2.24, 2.45) is 0 Å². The molecular formula is C15H32N2O. The summed E-state index contributed by atoms with van der Waals surface area (Å²) >= 11 is 0. The Hall–Kier alpha value is -0.120. The van der Waals surface area contributed by atoms with Crippen LogP contribution in [0.25, 0.3) is 0 Å². The quantitative estimate of drug-likeness (QED) is 0.608. The molecule has 1 rings (SSSR count). The second-order valence-electron chi connectivity index (χ2n) is 5.48. The van der Waals surface area contributed by atoms with E-state index in [1.165, 1.54) is 32.1 Å². The van der Waals surface area contributed by atoms with Gasteiger partial charge in [0.25, 0.3) is 0 Å². The maximum atomic E-state index is 5.73. The SMILES string of the molecule is CCCCCNCC(C)N(CC)CC1CCCO1. The monoisotopic (exact) mass is 256 g/mol. The molecule has 0 saturated carbocycles. The molecule has 108 valence electrons. The standard InChI is InChI=1S/C15H32N2O/c1-4-6-7-10-16-12-14(3)17(5-2)13-15-9-8-11-18-15/h14-16H,4-13H2,1-3H3. The Bertz CT molecular complexity index is 193. The minimum atomic E-state index is 0.479. The Balaban J connectivity index is 2.13. The number of rotatable bonds is 10. The number of hydrogen-bond acceptors (Lipinski definition) is 3. The van der Waals surface area contributed by atoms with E-state index in [1.54, 1.807) is 0 Å². The Morgan fingerprint density at radius 1 is 1.33 bits per heavy atom. The Kier molecular flexibility index (Phi) is 8.64. The van der Waals surface area contributed by atoms with E-state index in [2.05, 4.69) is 31.0 Å². The van der Waals surface area contributed by atoms with Crippen LogP contribution in [0.4, 0.5) is 0 Å². The van der Waals surface area contributed by atoms with Crippen LogP contribution in [0, 0.1) is 0 Å². The number of likely N-dealkylation sites (N-methyl/N-ethyl adjacent to an activating group) is 1. The highest BCUT2D eigenvalue weighted by molar-refractivity contribution is 4.75. The predicted molar refractivity (Wildman–Crippen MR) is 78.1 cm³/mol. The molecule has 3 heteroatoms. The second-order valence-corrected chi connectivity index (χ2v) is 5.48. The fourth-order valence-corrected chi connectivity index (χ4v) is 2.61. The van der Waals surface area contributed by atoms with E-state index >= 15 is 0 Å². The highest BCUT2D eigenvalue weighted by Gasteiger charge is 2.21. The van der Waals surface area contributed by atoms with Crippen molar-refractivity contribution >= 4 is 0 Å². The average molecular weight is 256 g/mol. The molecule has 0 amide bonds. The van der Waals surface area contributed by atoms with Crippen molar-refractivity contribution in [1.82, 2.24) is 10.2 Å². The first-order valence-corrected chi connectivity index (χ1v) is 7.84. The van der Waals surface area contributed by atoms with Crippen LogP contribution in [0.3, 0.4) is 0 Å². The number of nitrogens with zero attached hydrogens (tertiary/aromatic N) is 1. The summed E-state index contributed by atoms with van der Waals surface area (Å²) in [6.07, 6.45) is 6.92. The molecular weight excluding hydrogens is 224 g/mol. The van der Waals surface area contributed by atoms with Crippen molar-refractivity contribution in [3.8, 4) is 0 Å². The van der Waals surface area contributed by atoms with Crippen molar-refractivity contribution in [2.75, 3.05) is 32.8 Å². The summed E-state index contributed by atoms with van der Waals surface area (Å²) in [6.45, 7) is 12.3. The van der Waals surface area contributed by atoms with Gasteiger partial charge in [-0.3, -0.25) is 4.90 Å². The van der Waals surface area contributed by atoms with Crippen molar-refractivity contribution < 1.29 is 4.74 Å². The summed E-state index contributed by atoms with van der Waals surface area (Å²) in [6, 6.07) is 0.612. The van der Waals surface area contributed by atoms with E-state index in [4.69, 9.17) is 4.74 Å². The van der Waals surface area contributed by atoms with Crippen LogP contribution in [-0.2, 0) is 4.74 Å². The van der Waals surface area contributed by atoms with Gasteiger partial charge in [-0.1, -0.05) is 26.7 Å². The average Bonchev–Trinajstić information content (AvgIpc) is 2.88. The van der Waals surface area contributed by atoms with Crippen LogP contribution in [0.2, 0.25) is 0 Å². The van der Waals surface area contributed by atoms with Gasteiger partial charge in [0.05, 0.1) is 6.10 Å². The maximum absolute atomic E-state index is 5.73. The number of unbranched alkanes of at least 4 members (excludes halogenated alkanes) is 2. The highest BCUT2D eigenvalue weighted by Crippen LogP contribution is 2.14. The molecule has 18 heavy (non-hydrogen) atoms. The molecule has 0 bridgehead atoms. The van der Waals surface area contributed by atoms with Crippen LogP contribution in [-0.4, -0.2) is 49.8 Å². The lowest BCUT2D eigenvalue weighted by Gasteiger charge is -2.30. The van der Waals surface area contributed by atoms with E-state index in [1.807, 2.05) is 0 Å². The largest absolute Gasteiger partial charge is 0.377 e. The van der Waals surface area contributed by atoms with E-state index in [-0.39, 0.29) is 0 Å². The minimum Gasteiger partial charge on any atom is -0.377 e. The van der Waals surface area contributed by atoms with Gasteiger partial charge in [-0.25, -0.2) is 0 Å². The zero-order valence-electron chi connectivity index (χ0n) is 12.6. The van der Waals surface area contributed by atoms with Crippen LogP contribution in [0.1, 0.15) is 52.9 Å². The van der Waals surface area contributed by atoms with E-state index in [9.17, 15) is 0 Å². The fourth-order valence-electron chi connectivity index (χ4n) is 2.61. The number of nitrogens with one attached hydrogen (secondary N) is 1. The van der Waals surface area contributed by atoms with Crippen LogP contribution in [0.5, 0.6) is 0 Å². The molecule has 0 spiro atoms. The van der Waals surface area contributed by atoms with Crippen molar-refractivity contribution in [3.05, 3.63) is 0 Å². The molecule has 0 aromatic rings. The molecule has 1 fully saturated rings. The topological polar surface area (TPSA) is 24.5 Å². The van der Waals surface area contributed by atoms with Gasteiger partial charge < -0.3 is 10.1 Å². The van der Waals surface area contributed by atoms with Gasteiger partial charge >= 0.3 is 0 Å². The lowest BCUT2D eigenvalue weighted by atomic mass is 10.2. The third-order valence-corrected chi connectivity index (χ3v) is 3.89. The molecule has 1 heterocycles. The smallest absolute Gasteiger partial charge is 0.0702 e. The summed E-state index contributed by atoms with van der Waals surface area (Å²) in [7, 11) is 0.